The highest BCUT2D eigenvalue weighted by molar-refractivity contribution is 5.95. The smallest absolute Gasteiger partial charge is 0.142 e. The first-order chi connectivity index (χ1) is 3.81. The van der Waals surface area contributed by atoms with Gasteiger partial charge in [0.05, 0.1) is 0 Å². The molecule has 0 radical (unpaired) electrons. The van der Waals surface area contributed by atoms with Gasteiger partial charge >= 0.3 is 0 Å². The molecule has 0 atom stereocenters. The van der Waals surface area contributed by atoms with Crippen molar-refractivity contribution in [2.75, 3.05) is 7.05 Å². The topological polar surface area (TPSA) is 29.4 Å². The maximum atomic E-state index is 9.68. The van der Waals surface area contributed by atoms with Gasteiger partial charge in [0.2, 0.25) is 0 Å². The summed E-state index contributed by atoms with van der Waals surface area (Å²) in [6, 6.07) is 0. The highest BCUT2D eigenvalue weighted by Crippen LogP contribution is 1.74. The molecule has 0 aliphatic heterocycles. The molecule has 2 heteroatoms. The number of carbonyl (C=O) groups excluding carboxylic acids is 1. The van der Waals surface area contributed by atoms with Crippen LogP contribution in [0.4, 0.5) is 0 Å². The van der Waals surface area contributed by atoms with Crippen LogP contribution in [0.3, 0.4) is 0 Å². The van der Waals surface area contributed by atoms with Crippen LogP contribution in [0.2, 0.25) is 0 Å². The zero-order chi connectivity index (χ0) is 6.41. The van der Waals surface area contributed by atoms with Crippen molar-refractivity contribution in [3.05, 3.63) is 12.2 Å². The van der Waals surface area contributed by atoms with Crippen LogP contribution in [0.15, 0.2) is 17.1 Å². The van der Waals surface area contributed by atoms with Gasteiger partial charge in [0, 0.05) is 12.8 Å². The van der Waals surface area contributed by atoms with Crippen LogP contribution < -0.4 is 0 Å². The monoisotopic (exact) mass is 111 g/mol. The quantitative estimate of drug-likeness (QED) is 0.295. The minimum atomic E-state index is 0.731. The lowest BCUT2D eigenvalue weighted by Gasteiger charge is -1.80. The molecule has 0 aromatic heterocycles. The van der Waals surface area contributed by atoms with E-state index in [4.69, 9.17) is 0 Å². The molecule has 8 heavy (non-hydrogen) atoms. The van der Waals surface area contributed by atoms with Crippen LogP contribution in [-0.2, 0) is 4.79 Å². The number of nitrogens with zero attached hydrogens (tertiary/aromatic N) is 1. The summed E-state index contributed by atoms with van der Waals surface area (Å²) in [5.41, 5.74) is 0.858. The predicted molar refractivity (Wildman–Crippen MR) is 34.2 cm³/mol. The Morgan fingerprint density at radius 3 is 2.62 bits per heavy atom. The molecule has 0 aliphatic carbocycles. The summed E-state index contributed by atoms with van der Waals surface area (Å²) in [4.78, 5) is 13.5. The molecule has 0 saturated heterocycles. The van der Waals surface area contributed by atoms with Gasteiger partial charge < -0.3 is 0 Å². The molecule has 0 rings (SSSR count). The minimum absolute atomic E-state index is 0.731. The van der Waals surface area contributed by atoms with Crippen LogP contribution in [0.25, 0.3) is 0 Å². The van der Waals surface area contributed by atoms with Gasteiger partial charge in [-0.05, 0) is 19.1 Å². The molecule has 0 aromatic carbocycles. The van der Waals surface area contributed by atoms with Crippen LogP contribution in [0.5, 0.6) is 0 Å². The number of hydrogen-bond donors (Lipinski definition) is 0. The second-order valence-electron chi connectivity index (χ2n) is 1.36. The van der Waals surface area contributed by atoms with E-state index in [9.17, 15) is 4.79 Å². The zero-order valence-corrected chi connectivity index (χ0v) is 5.09. The molecule has 0 aliphatic rings. The van der Waals surface area contributed by atoms with Gasteiger partial charge in [0.25, 0.3) is 0 Å². The number of aliphatic imine (C=N–C) groups is 1. The summed E-state index contributed by atoms with van der Waals surface area (Å²) >= 11 is 0. The molecule has 0 heterocycles. The van der Waals surface area contributed by atoms with Gasteiger partial charge in [-0.2, -0.15) is 0 Å². The second kappa shape index (κ2) is 4.24. The highest BCUT2D eigenvalue weighted by Gasteiger charge is 1.74. The first-order valence-corrected chi connectivity index (χ1v) is 2.36. The first-order valence-electron chi connectivity index (χ1n) is 2.36. The van der Waals surface area contributed by atoms with Crippen molar-refractivity contribution in [3.63, 3.8) is 0 Å². The van der Waals surface area contributed by atoms with Gasteiger partial charge in [0.15, 0.2) is 0 Å². The van der Waals surface area contributed by atoms with Crippen molar-refractivity contribution in [2.24, 2.45) is 4.99 Å². The van der Waals surface area contributed by atoms with Gasteiger partial charge in [-0.3, -0.25) is 9.79 Å². The highest BCUT2D eigenvalue weighted by atomic mass is 16.1. The summed E-state index contributed by atoms with van der Waals surface area (Å²) in [6.07, 6.45) is 3.81. The lowest BCUT2D eigenvalue weighted by atomic mass is 10.4. The second-order valence-corrected chi connectivity index (χ2v) is 1.36. The van der Waals surface area contributed by atoms with E-state index in [2.05, 4.69) is 4.99 Å². The molecule has 44 valence electrons. The Kier molecular flexibility index (Phi) is 3.76. The Hall–Kier alpha value is -0.920. The average Bonchev–Trinajstić information content (AvgIpc) is 1.83. The van der Waals surface area contributed by atoms with E-state index in [1.807, 2.05) is 6.92 Å². The Labute approximate surface area is 48.9 Å². The molecule has 0 saturated carbocycles. The van der Waals surface area contributed by atoms with Gasteiger partial charge in [-0.1, -0.05) is 0 Å². The minimum Gasteiger partial charge on any atom is -0.299 e. The van der Waals surface area contributed by atoms with E-state index in [0.717, 1.165) is 12.0 Å². The summed E-state index contributed by atoms with van der Waals surface area (Å²) < 4.78 is 0. The first kappa shape index (κ1) is 7.08. The van der Waals surface area contributed by atoms with E-state index in [1.165, 1.54) is 6.08 Å². The van der Waals surface area contributed by atoms with Crippen LogP contribution in [-0.4, -0.2) is 19.0 Å². The van der Waals surface area contributed by atoms with Gasteiger partial charge in [-0.15, -0.1) is 0 Å². The fourth-order valence-electron chi connectivity index (χ4n) is 0.253. The van der Waals surface area contributed by atoms with Gasteiger partial charge in [-0.25, -0.2) is 0 Å². The average molecular weight is 111 g/mol. The number of hydrogen-bond acceptors (Lipinski definition) is 2. The number of rotatable bonds is 2. The van der Waals surface area contributed by atoms with Crippen molar-refractivity contribution in [2.45, 2.75) is 6.92 Å². The van der Waals surface area contributed by atoms with Gasteiger partial charge in [0.1, 0.15) is 6.29 Å². The van der Waals surface area contributed by atoms with E-state index in [-0.39, 0.29) is 0 Å². The molecule has 0 N–H and O–H groups in total. The largest absolute Gasteiger partial charge is 0.299 e. The standard InChI is InChI=1S/C6H9NO/c1-6(7-2)4-3-5-8/h3-5H,1-2H3/b4-3+,7-6?. The third kappa shape index (κ3) is 3.28. The maximum Gasteiger partial charge on any atom is 0.142 e. The molecule has 0 aromatic rings. The van der Waals surface area contributed by atoms with Crippen molar-refractivity contribution >= 4 is 12.0 Å². The van der Waals surface area contributed by atoms with Crippen LogP contribution in [0.1, 0.15) is 6.92 Å². The molecule has 0 bridgehead atoms. The summed E-state index contributed by atoms with van der Waals surface area (Å²) in [5, 5.41) is 0. The molecule has 0 spiro atoms. The Morgan fingerprint density at radius 1 is 1.62 bits per heavy atom. The number of allylic oxidation sites excluding steroid dienone is 2. The maximum absolute atomic E-state index is 9.68. The molecule has 0 fully saturated rings. The van der Waals surface area contributed by atoms with E-state index in [0.29, 0.717) is 0 Å². The molecule has 2 nitrogen and oxygen atoms in total. The summed E-state index contributed by atoms with van der Waals surface area (Å²) in [7, 11) is 1.68. The molecule has 0 amide bonds. The summed E-state index contributed by atoms with van der Waals surface area (Å²) in [6.45, 7) is 1.83. The fourth-order valence-corrected chi connectivity index (χ4v) is 0.253. The van der Waals surface area contributed by atoms with E-state index < -0.39 is 0 Å². The Bertz CT molecular complexity index is 124. The lowest BCUT2D eigenvalue weighted by molar-refractivity contribution is -0.104. The Morgan fingerprint density at radius 2 is 2.25 bits per heavy atom. The van der Waals surface area contributed by atoms with Crippen molar-refractivity contribution < 1.29 is 4.79 Å². The number of aldehydes is 1. The third-order valence-corrected chi connectivity index (χ3v) is 0.769. The zero-order valence-electron chi connectivity index (χ0n) is 5.09. The SMILES string of the molecule is CN=C(C)/C=C/C=O. The predicted octanol–water partition coefficient (Wildman–Crippen LogP) is 0.832. The van der Waals surface area contributed by atoms with Crippen molar-refractivity contribution in [1.29, 1.82) is 0 Å². The molecular formula is C6H9NO. The number of carbonyl (C=O) groups is 1. The Balaban J connectivity index is 3.69. The normalized spacial score (nSPS) is 12.5. The van der Waals surface area contributed by atoms with Crippen LogP contribution >= 0.6 is 0 Å². The van der Waals surface area contributed by atoms with E-state index in [1.54, 1.807) is 13.1 Å². The fraction of sp³-hybridized carbons (Fsp3) is 0.333. The summed E-state index contributed by atoms with van der Waals surface area (Å²) in [5.74, 6) is 0. The molecule has 0 unspecified atom stereocenters. The van der Waals surface area contributed by atoms with E-state index >= 15 is 0 Å². The third-order valence-electron chi connectivity index (χ3n) is 0.769. The van der Waals surface area contributed by atoms with Crippen LogP contribution in [0, 0.1) is 0 Å². The molecular weight excluding hydrogens is 102 g/mol. The van der Waals surface area contributed by atoms with Crippen molar-refractivity contribution in [3.8, 4) is 0 Å². The van der Waals surface area contributed by atoms with Crippen molar-refractivity contribution in [1.82, 2.24) is 0 Å². The lowest BCUT2D eigenvalue weighted by Crippen LogP contribution is -1.81.